The Morgan fingerprint density at radius 2 is 1.87 bits per heavy atom. The Morgan fingerprint density at radius 1 is 1.30 bits per heavy atom. The predicted octanol–water partition coefficient (Wildman–Crippen LogP) is 3.52. The molecule has 1 aromatic heterocycles. The van der Waals surface area contributed by atoms with Gasteiger partial charge >= 0.3 is 0 Å². The first-order chi connectivity index (χ1) is 13.9. The molecule has 3 N–H and O–H groups in total. The van der Waals surface area contributed by atoms with Gasteiger partial charge in [-0.2, -0.15) is 0 Å². The molecule has 0 saturated carbocycles. The van der Waals surface area contributed by atoms with Gasteiger partial charge in [-0.3, -0.25) is 4.99 Å². The molecule has 10 heteroatoms. The van der Waals surface area contributed by atoms with Crippen molar-refractivity contribution >= 4 is 44.8 Å². The summed E-state index contributed by atoms with van der Waals surface area (Å²) < 4.78 is 33.8. The van der Waals surface area contributed by atoms with Gasteiger partial charge in [-0.1, -0.05) is 38.9 Å². The summed E-state index contributed by atoms with van der Waals surface area (Å²) >= 11 is 3.46. The Bertz CT molecular complexity index is 950. The molecule has 1 unspecified atom stereocenters. The molecule has 2 rings (SSSR count). The number of aliphatic hydroxyl groups excluding tert-OH is 1. The molecule has 170 valence electrons. The number of aliphatic hydroxyl groups is 1. The molecule has 6 nitrogen and oxygen atoms in total. The van der Waals surface area contributed by atoms with E-state index in [-0.39, 0.29) is 36.3 Å². The molecular formula is C20H34BrFN4O2SSi. The zero-order valence-electron chi connectivity index (χ0n) is 18.8. The van der Waals surface area contributed by atoms with Crippen molar-refractivity contribution in [3.63, 3.8) is 0 Å². The number of amidine groups is 1. The molecule has 0 radical (unpaired) electrons. The fraction of sp³-hybridized carbons (Fsp3) is 0.700. The molecule has 0 saturated heterocycles. The Kier molecular flexibility index (Phi) is 7.59. The second kappa shape index (κ2) is 8.95. The first kappa shape index (κ1) is 25.4. The van der Waals surface area contributed by atoms with Gasteiger partial charge in [-0.25, -0.2) is 17.9 Å². The molecule has 0 fully saturated rings. The highest BCUT2D eigenvalue weighted by atomic mass is 79.9. The van der Waals surface area contributed by atoms with E-state index in [1.165, 1.54) is 0 Å². The number of rotatable bonds is 7. The highest BCUT2D eigenvalue weighted by molar-refractivity contribution is 9.10. The molecule has 1 aliphatic heterocycles. The fourth-order valence-corrected chi connectivity index (χ4v) is 11.0. The standard InChI is InChI=1S/C20H34BrFN4O2SSi/c1-7-30(8-2,9-3)14-12-15(21)25-17(16(14)22)20(6)13-29(28,24-10-11-27)19(4,5)18(23)26-20/h12,27H,7-11,13H2,1-6H3,(H2,23,26)/t20-,29?/m0/s1. The van der Waals surface area contributed by atoms with E-state index in [0.717, 1.165) is 23.3 Å². The summed E-state index contributed by atoms with van der Waals surface area (Å²) in [4.78, 5) is 9.09. The average molecular weight is 522 g/mol. The van der Waals surface area contributed by atoms with Crippen LogP contribution in [-0.2, 0) is 15.3 Å². The first-order valence-corrected chi connectivity index (χ1v) is 15.5. The summed E-state index contributed by atoms with van der Waals surface area (Å²) in [7, 11) is -4.98. The van der Waals surface area contributed by atoms with E-state index >= 15 is 4.39 Å². The summed E-state index contributed by atoms with van der Waals surface area (Å²) in [5, 5.41) is 9.96. The van der Waals surface area contributed by atoms with Gasteiger partial charge in [0.1, 0.15) is 32.2 Å². The second-order valence-corrected chi connectivity index (χ2v) is 17.5. The van der Waals surface area contributed by atoms with Gasteiger partial charge in [0.2, 0.25) is 0 Å². The lowest BCUT2D eigenvalue weighted by molar-refractivity contribution is 0.307. The molecule has 1 aliphatic rings. The van der Waals surface area contributed by atoms with Crippen LogP contribution in [0.1, 0.15) is 47.2 Å². The lowest BCUT2D eigenvalue weighted by atomic mass is 9.98. The maximum atomic E-state index is 16.0. The minimum absolute atomic E-state index is 0.00750. The van der Waals surface area contributed by atoms with Crippen molar-refractivity contribution in [2.24, 2.45) is 15.1 Å². The normalized spacial score (nSPS) is 26.4. The molecule has 2 atom stereocenters. The van der Waals surface area contributed by atoms with E-state index < -0.39 is 28.1 Å². The molecular weight excluding hydrogens is 487 g/mol. The van der Waals surface area contributed by atoms with Crippen molar-refractivity contribution in [3.8, 4) is 0 Å². The summed E-state index contributed by atoms with van der Waals surface area (Å²) in [6.07, 6.45) is 0. The van der Waals surface area contributed by atoms with Gasteiger partial charge in [0.15, 0.2) is 0 Å². The van der Waals surface area contributed by atoms with Crippen molar-refractivity contribution < 1.29 is 13.7 Å². The van der Waals surface area contributed by atoms with Crippen LogP contribution < -0.4 is 10.9 Å². The maximum Gasteiger partial charge on any atom is 0.146 e. The zero-order valence-corrected chi connectivity index (χ0v) is 22.2. The average Bonchev–Trinajstić information content (AvgIpc) is 2.69. The van der Waals surface area contributed by atoms with Gasteiger partial charge < -0.3 is 10.8 Å². The van der Waals surface area contributed by atoms with Crippen molar-refractivity contribution in [2.75, 3.05) is 18.9 Å². The van der Waals surface area contributed by atoms with Gasteiger partial charge in [0.25, 0.3) is 0 Å². The summed E-state index contributed by atoms with van der Waals surface area (Å²) in [6.45, 7) is 11.4. The number of hydrogen-bond acceptors (Lipinski definition) is 6. The van der Waals surface area contributed by atoms with Crippen LogP contribution in [0.15, 0.2) is 20.0 Å². The number of pyridine rings is 1. The summed E-state index contributed by atoms with van der Waals surface area (Å²) in [6, 6.07) is 4.57. The van der Waals surface area contributed by atoms with E-state index in [2.05, 4.69) is 51.0 Å². The quantitative estimate of drug-likeness (QED) is 0.424. The predicted molar refractivity (Wildman–Crippen MR) is 129 cm³/mol. The SMILES string of the molecule is CC[Si](CC)(CC)c1cc(Br)nc([C@]2(C)CS(=O)(=NCCO)C(C)(C)C(N)=N2)c1F. The highest BCUT2D eigenvalue weighted by Crippen LogP contribution is 2.39. The van der Waals surface area contributed by atoms with Crippen molar-refractivity contribution in [1.82, 2.24) is 4.98 Å². The van der Waals surface area contributed by atoms with Gasteiger partial charge in [-0.15, -0.1) is 0 Å². The summed E-state index contributed by atoms with van der Waals surface area (Å²) in [5.74, 6) is -0.208. The topological polar surface area (TPSA) is 101 Å². The number of nitrogens with zero attached hydrogens (tertiary/aromatic N) is 3. The van der Waals surface area contributed by atoms with E-state index in [1.54, 1.807) is 26.8 Å². The molecule has 30 heavy (non-hydrogen) atoms. The minimum atomic E-state index is -2.93. The largest absolute Gasteiger partial charge is 0.394 e. The molecule has 0 aromatic carbocycles. The van der Waals surface area contributed by atoms with Gasteiger partial charge in [0.05, 0.1) is 36.7 Å². The Morgan fingerprint density at radius 3 is 2.37 bits per heavy atom. The van der Waals surface area contributed by atoms with E-state index in [1.807, 2.05) is 0 Å². The summed E-state index contributed by atoms with van der Waals surface area (Å²) in [5.41, 5.74) is 5.20. The lowest BCUT2D eigenvalue weighted by Crippen LogP contribution is -2.56. The molecule has 0 spiro atoms. The zero-order chi connectivity index (χ0) is 23.0. The van der Waals surface area contributed by atoms with Crippen LogP contribution >= 0.6 is 15.9 Å². The number of nitrogens with two attached hydrogens (primary N) is 1. The fourth-order valence-electron chi connectivity index (χ4n) is 4.24. The Labute approximate surface area is 189 Å². The van der Waals surface area contributed by atoms with Crippen LogP contribution in [0.25, 0.3) is 0 Å². The first-order valence-electron chi connectivity index (χ1n) is 10.4. The van der Waals surface area contributed by atoms with Crippen LogP contribution in [0.2, 0.25) is 18.1 Å². The maximum absolute atomic E-state index is 16.0. The molecule has 0 aliphatic carbocycles. The highest BCUT2D eigenvalue weighted by Gasteiger charge is 2.49. The van der Waals surface area contributed by atoms with Crippen LogP contribution in [0.4, 0.5) is 4.39 Å². The third-order valence-electron chi connectivity index (χ3n) is 6.70. The van der Waals surface area contributed by atoms with Crippen LogP contribution in [0.5, 0.6) is 0 Å². The van der Waals surface area contributed by atoms with Crippen LogP contribution in [0.3, 0.4) is 0 Å². The lowest BCUT2D eigenvalue weighted by Gasteiger charge is -2.40. The smallest absolute Gasteiger partial charge is 0.146 e. The van der Waals surface area contributed by atoms with Crippen molar-refractivity contribution in [2.45, 2.75) is 70.0 Å². The van der Waals surface area contributed by atoms with Crippen LogP contribution in [0, 0.1) is 5.82 Å². The molecule has 0 amide bonds. The van der Waals surface area contributed by atoms with Crippen LogP contribution in [-0.4, -0.2) is 51.9 Å². The monoisotopic (exact) mass is 520 g/mol. The van der Waals surface area contributed by atoms with Gasteiger partial charge in [-0.05, 0) is 48.0 Å². The minimum Gasteiger partial charge on any atom is -0.394 e. The third kappa shape index (κ3) is 4.12. The van der Waals surface area contributed by atoms with Crippen molar-refractivity contribution in [1.29, 1.82) is 0 Å². The number of aliphatic imine (C=N–C) groups is 1. The Balaban J connectivity index is 2.81. The Hall–Kier alpha value is -0.843. The third-order valence-corrected chi connectivity index (χ3v) is 16.0. The molecule has 2 heterocycles. The van der Waals surface area contributed by atoms with E-state index in [0.29, 0.717) is 4.60 Å². The molecule has 0 bridgehead atoms. The number of halogens is 2. The van der Waals surface area contributed by atoms with Gasteiger partial charge in [0, 0.05) is 0 Å². The van der Waals surface area contributed by atoms with E-state index in [4.69, 9.17) is 5.73 Å². The number of aromatic nitrogens is 1. The van der Waals surface area contributed by atoms with E-state index in [9.17, 15) is 9.32 Å². The number of hydrogen-bond donors (Lipinski definition) is 2. The molecule has 1 aromatic rings. The second-order valence-electron chi connectivity index (χ2n) is 8.64. The van der Waals surface area contributed by atoms with Crippen molar-refractivity contribution in [3.05, 3.63) is 22.2 Å².